The molecule has 0 spiro atoms. The van der Waals surface area contributed by atoms with Gasteiger partial charge in [-0.15, -0.1) is 0 Å². The number of nitrogens with zero attached hydrogens (tertiary/aromatic N) is 2. The second kappa shape index (κ2) is 10.9. The van der Waals surface area contributed by atoms with E-state index >= 15 is 0 Å². The lowest BCUT2D eigenvalue weighted by atomic mass is 10.1. The van der Waals surface area contributed by atoms with Crippen molar-refractivity contribution < 1.29 is 9.47 Å². The van der Waals surface area contributed by atoms with Gasteiger partial charge in [0.05, 0.1) is 19.8 Å². The summed E-state index contributed by atoms with van der Waals surface area (Å²) in [6, 6.07) is 3.89. The third-order valence-corrected chi connectivity index (χ3v) is 4.26. The zero-order valence-electron chi connectivity index (χ0n) is 14.9. The summed E-state index contributed by atoms with van der Waals surface area (Å²) in [7, 11) is 3.39. The molecule has 0 bridgehead atoms. The highest BCUT2D eigenvalue weighted by molar-refractivity contribution is 5.79. The fourth-order valence-corrected chi connectivity index (χ4v) is 2.95. The van der Waals surface area contributed by atoms with Crippen LogP contribution in [0.1, 0.15) is 44.1 Å². The van der Waals surface area contributed by atoms with Crippen LogP contribution in [0.2, 0.25) is 0 Å². The molecule has 1 aromatic rings. The number of aliphatic imine (C=N–C) groups is 1. The van der Waals surface area contributed by atoms with Crippen LogP contribution in [0.4, 0.5) is 0 Å². The van der Waals surface area contributed by atoms with Crippen molar-refractivity contribution >= 4 is 5.96 Å². The molecule has 1 aliphatic carbocycles. The molecule has 0 saturated heterocycles. The minimum absolute atomic E-state index is 0.434. The first kappa shape index (κ1) is 18.5. The first-order valence-corrected chi connectivity index (χ1v) is 8.87. The summed E-state index contributed by atoms with van der Waals surface area (Å²) >= 11 is 0. The maximum absolute atomic E-state index is 5.98. The summed E-state index contributed by atoms with van der Waals surface area (Å²) in [6.45, 7) is 2.07. The molecule has 0 atom stereocenters. The van der Waals surface area contributed by atoms with Crippen LogP contribution in [-0.4, -0.2) is 44.4 Å². The van der Waals surface area contributed by atoms with Crippen molar-refractivity contribution in [1.29, 1.82) is 0 Å². The highest BCUT2D eigenvalue weighted by atomic mass is 16.5. The van der Waals surface area contributed by atoms with Crippen LogP contribution in [-0.2, 0) is 11.3 Å². The Bertz CT molecular complexity index is 500. The minimum atomic E-state index is 0.434. The van der Waals surface area contributed by atoms with Crippen LogP contribution in [0.3, 0.4) is 0 Å². The average molecular weight is 334 g/mol. The van der Waals surface area contributed by atoms with Crippen molar-refractivity contribution in [2.45, 2.75) is 51.2 Å². The fraction of sp³-hybridized carbons (Fsp3) is 0.667. The average Bonchev–Trinajstić information content (AvgIpc) is 2.90. The van der Waals surface area contributed by atoms with Gasteiger partial charge < -0.3 is 20.1 Å². The van der Waals surface area contributed by atoms with Crippen LogP contribution in [0.5, 0.6) is 5.88 Å². The van der Waals surface area contributed by atoms with Gasteiger partial charge in [-0.1, -0.05) is 31.7 Å². The molecule has 0 unspecified atom stereocenters. The molecule has 1 saturated carbocycles. The molecule has 2 rings (SSSR count). The van der Waals surface area contributed by atoms with Gasteiger partial charge in [-0.2, -0.15) is 0 Å². The molecule has 1 aromatic heterocycles. The van der Waals surface area contributed by atoms with E-state index in [0.29, 0.717) is 25.1 Å². The smallest absolute Gasteiger partial charge is 0.218 e. The summed E-state index contributed by atoms with van der Waals surface area (Å²) < 4.78 is 11.2. The molecule has 0 amide bonds. The number of pyridine rings is 1. The van der Waals surface area contributed by atoms with E-state index in [1.54, 1.807) is 20.4 Å². The molecule has 134 valence electrons. The first-order chi connectivity index (χ1) is 11.8. The molecule has 2 N–H and O–H groups in total. The van der Waals surface area contributed by atoms with Crippen LogP contribution < -0.4 is 15.4 Å². The number of hydrogen-bond donors (Lipinski definition) is 2. The maximum atomic E-state index is 5.98. The van der Waals surface area contributed by atoms with Crippen LogP contribution in [0.25, 0.3) is 0 Å². The van der Waals surface area contributed by atoms with Gasteiger partial charge in [-0.3, -0.25) is 4.99 Å². The molecule has 0 aliphatic heterocycles. The number of hydrogen-bond acceptors (Lipinski definition) is 4. The predicted octanol–water partition coefficient (Wildman–Crippen LogP) is 2.49. The van der Waals surface area contributed by atoms with Gasteiger partial charge in [0.1, 0.15) is 0 Å². The summed E-state index contributed by atoms with van der Waals surface area (Å²) in [5, 5.41) is 6.56. The Labute approximate surface area is 145 Å². The van der Waals surface area contributed by atoms with Crippen LogP contribution >= 0.6 is 0 Å². The molecule has 6 heteroatoms. The Morgan fingerprint density at radius 3 is 2.75 bits per heavy atom. The quantitative estimate of drug-likeness (QED) is 0.347. The maximum Gasteiger partial charge on any atom is 0.218 e. The third kappa shape index (κ3) is 6.35. The number of guanidine groups is 1. The number of nitrogens with one attached hydrogen (secondary N) is 2. The zero-order valence-corrected chi connectivity index (χ0v) is 14.9. The first-order valence-electron chi connectivity index (χ1n) is 8.87. The van der Waals surface area contributed by atoms with Gasteiger partial charge in [0, 0.05) is 31.9 Å². The Morgan fingerprint density at radius 2 is 2.04 bits per heavy atom. The van der Waals surface area contributed by atoms with Crippen LogP contribution in [0.15, 0.2) is 23.3 Å². The fourth-order valence-electron chi connectivity index (χ4n) is 2.95. The summed E-state index contributed by atoms with van der Waals surface area (Å²) in [4.78, 5) is 8.43. The van der Waals surface area contributed by atoms with E-state index in [1.165, 1.54) is 38.5 Å². The van der Waals surface area contributed by atoms with E-state index in [2.05, 4.69) is 20.6 Å². The SMILES string of the molecule is CN=C(NCCOC1CCCCCC1)NCc1cccnc1OC. The third-order valence-electron chi connectivity index (χ3n) is 4.26. The largest absolute Gasteiger partial charge is 0.481 e. The van der Waals surface area contributed by atoms with Crippen LogP contribution in [0, 0.1) is 0 Å². The van der Waals surface area contributed by atoms with E-state index in [4.69, 9.17) is 9.47 Å². The van der Waals surface area contributed by atoms with Gasteiger partial charge in [0.2, 0.25) is 5.88 Å². The highest BCUT2D eigenvalue weighted by Gasteiger charge is 2.12. The Morgan fingerprint density at radius 1 is 1.25 bits per heavy atom. The normalized spacial score (nSPS) is 16.5. The van der Waals surface area contributed by atoms with Gasteiger partial charge >= 0.3 is 0 Å². The number of rotatable bonds is 7. The van der Waals surface area contributed by atoms with Crippen molar-refractivity contribution in [2.75, 3.05) is 27.3 Å². The lowest BCUT2D eigenvalue weighted by molar-refractivity contribution is 0.0468. The number of ether oxygens (including phenoxy) is 2. The standard InChI is InChI=1S/C18H30N4O2/c1-19-18(22-14-15-8-7-11-20-17(15)23-2)21-12-13-24-16-9-5-3-4-6-10-16/h7-8,11,16H,3-6,9-10,12-14H2,1-2H3,(H2,19,21,22). The Hall–Kier alpha value is -1.82. The molecular weight excluding hydrogens is 304 g/mol. The zero-order chi connectivity index (χ0) is 17.0. The predicted molar refractivity (Wildman–Crippen MR) is 96.4 cm³/mol. The van der Waals surface area contributed by atoms with E-state index in [9.17, 15) is 0 Å². The van der Waals surface area contributed by atoms with Crippen molar-refractivity contribution in [3.8, 4) is 5.88 Å². The molecular formula is C18H30N4O2. The summed E-state index contributed by atoms with van der Waals surface area (Å²) in [5.41, 5.74) is 0.998. The molecule has 1 heterocycles. The van der Waals surface area contributed by atoms with Gasteiger partial charge in [-0.25, -0.2) is 4.98 Å². The molecule has 1 aliphatic rings. The second-order valence-corrected chi connectivity index (χ2v) is 6.01. The lowest BCUT2D eigenvalue weighted by Gasteiger charge is -2.17. The lowest BCUT2D eigenvalue weighted by Crippen LogP contribution is -2.39. The van der Waals surface area contributed by atoms with Gasteiger partial charge in [0.15, 0.2) is 5.96 Å². The molecule has 0 radical (unpaired) electrons. The molecule has 6 nitrogen and oxygen atoms in total. The minimum Gasteiger partial charge on any atom is -0.481 e. The molecule has 1 fully saturated rings. The number of methoxy groups -OCH3 is 1. The van der Waals surface area contributed by atoms with E-state index in [-0.39, 0.29) is 0 Å². The van der Waals surface area contributed by atoms with Crippen molar-refractivity contribution in [3.05, 3.63) is 23.9 Å². The monoisotopic (exact) mass is 334 g/mol. The number of aromatic nitrogens is 1. The van der Waals surface area contributed by atoms with Crippen molar-refractivity contribution in [2.24, 2.45) is 4.99 Å². The summed E-state index contributed by atoms with van der Waals surface area (Å²) in [5.74, 6) is 1.39. The van der Waals surface area contributed by atoms with E-state index in [0.717, 1.165) is 18.1 Å². The van der Waals surface area contributed by atoms with Gasteiger partial charge in [-0.05, 0) is 18.9 Å². The van der Waals surface area contributed by atoms with Crippen molar-refractivity contribution in [3.63, 3.8) is 0 Å². The summed E-state index contributed by atoms with van der Waals surface area (Å²) in [6.07, 6.45) is 9.87. The van der Waals surface area contributed by atoms with E-state index in [1.807, 2.05) is 12.1 Å². The van der Waals surface area contributed by atoms with E-state index < -0.39 is 0 Å². The van der Waals surface area contributed by atoms with Crippen molar-refractivity contribution in [1.82, 2.24) is 15.6 Å². The molecule has 24 heavy (non-hydrogen) atoms. The van der Waals surface area contributed by atoms with Gasteiger partial charge in [0.25, 0.3) is 0 Å². The second-order valence-electron chi connectivity index (χ2n) is 6.01. The topological polar surface area (TPSA) is 67.8 Å². The Balaban J connectivity index is 1.67. The highest BCUT2D eigenvalue weighted by Crippen LogP contribution is 2.19. The Kier molecular flexibility index (Phi) is 8.38. The molecule has 0 aromatic carbocycles.